The molecule has 0 aliphatic carbocycles. The maximum Gasteiger partial charge on any atom is 0.141 e. The Labute approximate surface area is 110 Å². The Morgan fingerprint density at radius 2 is 1.94 bits per heavy atom. The number of pyridine rings is 1. The van der Waals surface area contributed by atoms with Gasteiger partial charge in [0.2, 0.25) is 0 Å². The molecule has 0 radical (unpaired) electrons. The normalized spacial score (nSPS) is 12.4. The average molecular weight is 263 g/mol. The number of halogens is 1. The fourth-order valence-corrected chi connectivity index (χ4v) is 2.35. The molecule has 0 amide bonds. The van der Waals surface area contributed by atoms with Gasteiger partial charge in [0, 0.05) is 16.7 Å². The van der Waals surface area contributed by atoms with Crippen molar-refractivity contribution < 1.29 is 9.50 Å². The molecule has 2 aromatic rings. The fourth-order valence-electron chi connectivity index (χ4n) is 1.68. The van der Waals surface area contributed by atoms with E-state index >= 15 is 0 Å². The Morgan fingerprint density at radius 1 is 1.22 bits per heavy atom. The van der Waals surface area contributed by atoms with Crippen molar-refractivity contribution in [3.05, 3.63) is 59.7 Å². The first-order valence-electron chi connectivity index (χ1n) is 5.72. The quantitative estimate of drug-likeness (QED) is 0.858. The van der Waals surface area contributed by atoms with Gasteiger partial charge in [0.1, 0.15) is 11.9 Å². The highest BCUT2D eigenvalue weighted by atomic mass is 32.2. The van der Waals surface area contributed by atoms with E-state index in [0.717, 1.165) is 22.4 Å². The molecule has 1 aromatic heterocycles. The lowest BCUT2D eigenvalue weighted by Gasteiger charge is -2.11. The standard InChI is InChI=1S/C14H14FNOS/c1-2-18-13-5-3-10(4-6-13)14(17)11-7-12(15)9-16-8-11/h3-9,14,17H,2H2,1H3. The lowest BCUT2D eigenvalue weighted by atomic mass is 10.0. The lowest BCUT2D eigenvalue weighted by molar-refractivity contribution is 0.219. The molecule has 94 valence electrons. The van der Waals surface area contributed by atoms with Gasteiger partial charge >= 0.3 is 0 Å². The number of thioether (sulfide) groups is 1. The number of nitrogens with zero attached hydrogens (tertiary/aromatic N) is 1. The first-order valence-corrected chi connectivity index (χ1v) is 6.70. The molecule has 1 N–H and O–H groups in total. The Kier molecular flexibility index (Phi) is 4.33. The number of hydrogen-bond donors (Lipinski definition) is 1. The van der Waals surface area contributed by atoms with Crippen LogP contribution in [0.5, 0.6) is 0 Å². The van der Waals surface area contributed by atoms with Gasteiger partial charge in [-0.2, -0.15) is 0 Å². The van der Waals surface area contributed by atoms with Gasteiger partial charge in [-0.25, -0.2) is 4.39 Å². The van der Waals surface area contributed by atoms with Gasteiger partial charge in [0.05, 0.1) is 6.20 Å². The Hall–Kier alpha value is -1.39. The van der Waals surface area contributed by atoms with Crippen LogP contribution >= 0.6 is 11.8 Å². The first-order chi connectivity index (χ1) is 8.70. The van der Waals surface area contributed by atoms with Crippen LogP contribution in [0, 0.1) is 5.82 Å². The van der Waals surface area contributed by atoms with E-state index in [9.17, 15) is 9.50 Å². The predicted molar refractivity (Wildman–Crippen MR) is 71.1 cm³/mol. The number of aliphatic hydroxyl groups excluding tert-OH is 1. The molecular weight excluding hydrogens is 249 g/mol. The van der Waals surface area contributed by atoms with Gasteiger partial charge < -0.3 is 5.11 Å². The number of hydrogen-bond acceptors (Lipinski definition) is 3. The average Bonchev–Trinajstić information content (AvgIpc) is 2.39. The van der Waals surface area contributed by atoms with Gasteiger partial charge in [0.15, 0.2) is 0 Å². The molecular formula is C14H14FNOS. The van der Waals surface area contributed by atoms with Gasteiger partial charge in [0.25, 0.3) is 0 Å². The summed E-state index contributed by atoms with van der Waals surface area (Å²) < 4.78 is 13.0. The van der Waals surface area contributed by atoms with E-state index in [0.29, 0.717) is 5.56 Å². The molecule has 4 heteroatoms. The highest BCUT2D eigenvalue weighted by molar-refractivity contribution is 7.99. The highest BCUT2D eigenvalue weighted by Gasteiger charge is 2.11. The monoisotopic (exact) mass is 263 g/mol. The minimum Gasteiger partial charge on any atom is -0.384 e. The maximum atomic E-state index is 13.0. The first kappa shape index (κ1) is 13.1. The topological polar surface area (TPSA) is 33.1 Å². The summed E-state index contributed by atoms with van der Waals surface area (Å²) in [5, 5.41) is 10.1. The van der Waals surface area contributed by atoms with E-state index in [1.54, 1.807) is 11.8 Å². The van der Waals surface area contributed by atoms with Crippen molar-refractivity contribution in [2.24, 2.45) is 0 Å². The molecule has 1 unspecified atom stereocenters. The number of rotatable bonds is 4. The number of benzene rings is 1. The Bertz CT molecular complexity index is 515. The summed E-state index contributed by atoms with van der Waals surface area (Å²) in [7, 11) is 0. The highest BCUT2D eigenvalue weighted by Crippen LogP contribution is 2.24. The molecule has 0 spiro atoms. The molecule has 0 saturated carbocycles. The van der Waals surface area contributed by atoms with Crippen LogP contribution in [-0.2, 0) is 0 Å². The predicted octanol–water partition coefficient (Wildman–Crippen LogP) is 3.41. The van der Waals surface area contributed by atoms with Crippen molar-refractivity contribution >= 4 is 11.8 Å². The summed E-state index contributed by atoms with van der Waals surface area (Å²) in [6, 6.07) is 8.92. The molecule has 0 fully saturated rings. The Balaban J connectivity index is 2.20. The summed E-state index contributed by atoms with van der Waals surface area (Å²) >= 11 is 1.74. The number of aliphatic hydroxyl groups is 1. The molecule has 0 aliphatic heterocycles. The van der Waals surface area contributed by atoms with Crippen molar-refractivity contribution in [1.29, 1.82) is 0 Å². The van der Waals surface area contributed by atoms with Crippen LogP contribution in [0.1, 0.15) is 24.2 Å². The van der Waals surface area contributed by atoms with Crippen molar-refractivity contribution in [3.8, 4) is 0 Å². The van der Waals surface area contributed by atoms with Gasteiger partial charge in [-0.05, 0) is 29.5 Å². The number of aromatic nitrogens is 1. The molecule has 2 nitrogen and oxygen atoms in total. The summed E-state index contributed by atoms with van der Waals surface area (Å²) in [6.07, 6.45) is 1.76. The van der Waals surface area contributed by atoms with E-state index in [2.05, 4.69) is 11.9 Å². The zero-order valence-electron chi connectivity index (χ0n) is 10.0. The third-order valence-electron chi connectivity index (χ3n) is 2.55. The van der Waals surface area contributed by atoms with Gasteiger partial charge in [-0.15, -0.1) is 11.8 Å². The minimum atomic E-state index is -0.839. The molecule has 1 atom stereocenters. The van der Waals surface area contributed by atoms with Crippen LogP contribution in [-0.4, -0.2) is 15.8 Å². The van der Waals surface area contributed by atoms with Crippen LogP contribution in [0.25, 0.3) is 0 Å². The summed E-state index contributed by atoms with van der Waals surface area (Å²) in [6.45, 7) is 2.09. The van der Waals surface area contributed by atoms with E-state index in [1.165, 1.54) is 12.3 Å². The maximum absolute atomic E-state index is 13.0. The summed E-state index contributed by atoms with van der Waals surface area (Å²) in [5.41, 5.74) is 1.20. The smallest absolute Gasteiger partial charge is 0.141 e. The fraction of sp³-hybridized carbons (Fsp3) is 0.214. The molecule has 2 rings (SSSR count). The van der Waals surface area contributed by atoms with Crippen LogP contribution in [0.3, 0.4) is 0 Å². The summed E-state index contributed by atoms with van der Waals surface area (Å²) in [5.74, 6) is 0.570. The van der Waals surface area contributed by atoms with E-state index in [-0.39, 0.29) is 0 Å². The summed E-state index contributed by atoms with van der Waals surface area (Å²) in [4.78, 5) is 4.90. The molecule has 0 bridgehead atoms. The van der Waals surface area contributed by atoms with Crippen molar-refractivity contribution in [2.45, 2.75) is 17.9 Å². The SMILES string of the molecule is CCSc1ccc(C(O)c2cncc(F)c2)cc1. The second kappa shape index (κ2) is 5.98. The third kappa shape index (κ3) is 3.09. The van der Waals surface area contributed by atoms with E-state index in [1.807, 2.05) is 24.3 Å². The van der Waals surface area contributed by atoms with Crippen molar-refractivity contribution in [2.75, 3.05) is 5.75 Å². The van der Waals surface area contributed by atoms with E-state index in [4.69, 9.17) is 0 Å². The molecule has 0 aliphatic rings. The second-order valence-corrected chi connectivity index (χ2v) is 5.18. The molecule has 1 heterocycles. The minimum absolute atomic E-state index is 0.440. The van der Waals surface area contributed by atoms with Crippen molar-refractivity contribution in [3.63, 3.8) is 0 Å². The zero-order chi connectivity index (χ0) is 13.0. The third-order valence-corrected chi connectivity index (χ3v) is 3.44. The van der Waals surface area contributed by atoms with Crippen LogP contribution in [0.15, 0.2) is 47.6 Å². The molecule has 18 heavy (non-hydrogen) atoms. The van der Waals surface area contributed by atoms with Crippen LogP contribution < -0.4 is 0 Å². The Morgan fingerprint density at radius 3 is 2.56 bits per heavy atom. The van der Waals surface area contributed by atoms with Gasteiger partial charge in [-0.3, -0.25) is 4.98 Å². The van der Waals surface area contributed by atoms with E-state index < -0.39 is 11.9 Å². The van der Waals surface area contributed by atoms with Crippen molar-refractivity contribution in [1.82, 2.24) is 4.98 Å². The van der Waals surface area contributed by atoms with Crippen LogP contribution in [0.4, 0.5) is 4.39 Å². The molecule has 0 saturated heterocycles. The largest absolute Gasteiger partial charge is 0.384 e. The van der Waals surface area contributed by atoms with Gasteiger partial charge in [-0.1, -0.05) is 19.1 Å². The molecule has 1 aromatic carbocycles. The second-order valence-electron chi connectivity index (χ2n) is 3.84. The zero-order valence-corrected chi connectivity index (χ0v) is 10.8. The lowest BCUT2D eigenvalue weighted by Crippen LogP contribution is -2.00. The van der Waals surface area contributed by atoms with Crippen LogP contribution in [0.2, 0.25) is 0 Å².